The predicted molar refractivity (Wildman–Crippen MR) is 149 cm³/mol. The van der Waals surface area contributed by atoms with Gasteiger partial charge in [-0.2, -0.15) is 4.98 Å². The summed E-state index contributed by atoms with van der Waals surface area (Å²) in [5, 5.41) is 16.1. The van der Waals surface area contributed by atoms with Crippen LogP contribution in [-0.2, 0) is 22.3 Å². The zero-order valence-electron chi connectivity index (χ0n) is 23.0. The van der Waals surface area contributed by atoms with E-state index in [1.165, 1.54) is 24.0 Å². The number of nitrogens with one attached hydrogen (secondary N) is 1. The minimum Gasteiger partial charge on any atom is -0.391 e. The minimum atomic E-state index is 0.0829. The zero-order valence-corrected chi connectivity index (χ0v) is 23.0. The molecule has 8 heteroatoms. The average molecular weight is 515 g/mol. The zero-order chi connectivity index (χ0) is 27.1. The van der Waals surface area contributed by atoms with Crippen molar-refractivity contribution in [2.24, 2.45) is 10.9 Å². The van der Waals surface area contributed by atoms with Crippen molar-refractivity contribution < 1.29 is 9.36 Å². The summed E-state index contributed by atoms with van der Waals surface area (Å²) in [6, 6.07) is 14.7. The van der Waals surface area contributed by atoms with Crippen molar-refractivity contribution in [1.29, 1.82) is 5.41 Å². The van der Waals surface area contributed by atoms with Gasteiger partial charge in [0.2, 0.25) is 11.7 Å². The number of nitrogens with two attached hydrogens (primary N) is 1. The summed E-state index contributed by atoms with van der Waals surface area (Å²) >= 11 is 0. The number of likely N-dealkylation sites (tertiary alicyclic amines) is 1. The van der Waals surface area contributed by atoms with E-state index in [1.54, 1.807) is 0 Å². The van der Waals surface area contributed by atoms with Crippen molar-refractivity contribution in [3.63, 3.8) is 0 Å². The Morgan fingerprint density at radius 2 is 1.82 bits per heavy atom. The molecule has 0 radical (unpaired) electrons. The van der Waals surface area contributed by atoms with Crippen LogP contribution in [0.5, 0.6) is 0 Å². The summed E-state index contributed by atoms with van der Waals surface area (Å²) in [5.41, 5.74) is 12.7. The molecule has 3 N–H and O–H groups in total. The van der Waals surface area contributed by atoms with Crippen LogP contribution in [0.4, 0.5) is 0 Å². The first-order valence-corrected chi connectivity index (χ1v) is 13.4. The van der Waals surface area contributed by atoms with Gasteiger partial charge in [0, 0.05) is 18.7 Å². The lowest BCUT2D eigenvalue weighted by molar-refractivity contribution is 0.130. The molecule has 1 fully saturated rings. The smallest absolute Gasteiger partial charge is 0.231 e. The van der Waals surface area contributed by atoms with Gasteiger partial charge in [0.25, 0.3) is 0 Å². The van der Waals surface area contributed by atoms with Crippen molar-refractivity contribution in [2.75, 3.05) is 13.1 Å². The molecule has 1 aromatic heterocycles. The SMILES string of the molecule is C/C(=N/OCc1ccc2c(c1)C(C)(C)CCC2(C)C)c1ccc(-c2noc([C@@H]3CCN(C(=N)N)C3)n2)cc1. The van der Waals surface area contributed by atoms with E-state index in [0.717, 1.165) is 35.4 Å². The molecule has 0 spiro atoms. The molecule has 1 aliphatic carbocycles. The van der Waals surface area contributed by atoms with Gasteiger partial charge < -0.3 is 20.0 Å². The number of aromatic nitrogens is 2. The number of guanidine groups is 1. The molecule has 200 valence electrons. The van der Waals surface area contributed by atoms with Crippen LogP contribution in [0.3, 0.4) is 0 Å². The van der Waals surface area contributed by atoms with Gasteiger partial charge in [0.05, 0.1) is 11.6 Å². The molecule has 8 nitrogen and oxygen atoms in total. The number of benzene rings is 2. The first-order valence-electron chi connectivity index (χ1n) is 13.4. The Morgan fingerprint density at radius 3 is 2.50 bits per heavy atom. The highest BCUT2D eigenvalue weighted by Gasteiger charge is 2.37. The minimum absolute atomic E-state index is 0.0829. The van der Waals surface area contributed by atoms with Crippen molar-refractivity contribution in [3.05, 3.63) is 70.6 Å². The number of nitrogens with zero attached hydrogens (tertiary/aromatic N) is 4. The maximum absolute atomic E-state index is 7.60. The second-order valence-corrected chi connectivity index (χ2v) is 11.9. The summed E-state index contributed by atoms with van der Waals surface area (Å²) < 4.78 is 5.52. The van der Waals surface area contributed by atoms with Gasteiger partial charge in [0.1, 0.15) is 6.61 Å². The van der Waals surface area contributed by atoms with Crippen molar-refractivity contribution in [2.45, 2.75) is 77.2 Å². The molecule has 1 saturated heterocycles. The Hall–Kier alpha value is -3.68. The molecule has 2 aliphatic rings. The Kier molecular flexibility index (Phi) is 6.75. The van der Waals surface area contributed by atoms with Crippen LogP contribution in [0.1, 0.15) is 87.9 Å². The molecule has 38 heavy (non-hydrogen) atoms. The second kappa shape index (κ2) is 9.89. The predicted octanol–water partition coefficient (Wildman–Crippen LogP) is 5.71. The molecule has 2 aromatic carbocycles. The third-order valence-electron chi connectivity index (χ3n) is 8.23. The second-order valence-electron chi connectivity index (χ2n) is 11.9. The number of hydrogen-bond donors (Lipinski definition) is 2. The Morgan fingerprint density at radius 1 is 1.11 bits per heavy atom. The summed E-state index contributed by atoms with van der Waals surface area (Å²) in [4.78, 5) is 12.2. The number of hydrogen-bond acceptors (Lipinski definition) is 6. The van der Waals surface area contributed by atoms with Crippen molar-refractivity contribution >= 4 is 11.7 Å². The van der Waals surface area contributed by atoms with E-state index >= 15 is 0 Å². The molecule has 1 aliphatic heterocycles. The molecular weight excluding hydrogens is 476 g/mol. The molecule has 1 atom stereocenters. The Bertz CT molecular complexity index is 1360. The topological polar surface area (TPSA) is 114 Å². The molecule has 0 unspecified atom stereocenters. The normalized spacial score (nSPS) is 20.3. The molecule has 5 rings (SSSR count). The average Bonchev–Trinajstić information content (AvgIpc) is 3.57. The van der Waals surface area contributed by atoms with Gasteiger partial charge in [-0.1, -0.05) is 80.5 Å². The highest BCUT2D eigenvalue weighted by atomic mass is 16.6. The standard InChI is InChI=1S/C30H38N6O2/c1-19(34-37-18-20-6-11-24-25(16-20)30(4,5)14-13-29(24,2)3)21-7-9-22(10-8-21)26-33-27(38-35-26)23-12-15-36(17-23)28(31)32/h6-11,16,23H,12-15,17-18H2,1-5H3,(H3,31,32)/b34-19-/t23-/m1/s1. The molecule has 2 heterocycles. The van der Waals surface area contributed by atoms with Crippen LogP contribution in [0.15, 0.2) is 52.1 Å². The maximum atomic E-state index is 7.60. The van der Waals surface area contributed by atoms with Crippen LogP contribution >= 0.6 is 0 Å². The summed E-state index contributed by atoms with van der Waals surface area (Å²) in [7, 11) is 0. The quantitative estimate of drug-likeness (QED) is 0.247. The monoisotopic (exact) mass is 514 g/mol. The first kappa shape index (κ1) is 25.9. The van der Waals surface area contributed by atoms with Gasteiger partial charge in [0.15, 0.2) is 5.96 Å². The van der Waals surface area contributed by atoms with Crippen LogP contribution in [0.2, 0.25) is 0 Å². The van der Waals surface area contributed by atoms with Gasteiger partial charge in [-0.25, -0.2) is 0 Å². The van der Waals surface area contributed by atoms with Crippen molar-refractivity contribution in [1.82, 2.24) is 15.0 Å². The number of rotatable bonds is 6. The number of fused-ring (bicyclic) bond motifs is 1. The van der Waals surface area contributed by atoms with Gasteiger partial charge in [-0.05, 0) is 59.3 Å². The van der Waals surface area contributed by atoms with Crippen LogP contribution in [-0.4, -0.2) is 39.8 Å². The molecule has 0 amide bonds. The first-order chi connectivity index (χ1) is 18.0. The summed E-state index contributed by atoms with van der Waals surface area (Å²) in [5.74, 6) is 1.32. The van der Waals surface area contributed by atoms with Crippen LogP contribution in [0, 0.1) is 5.41 Å². The lowest BCUT2D eigenvalue weighted by atomic mass is 9.63. The van der Waals surface area contributed by atoms with E-state index in [4.69, 9.17) is 20.5 Å². The highest BCUT2D eigenvalue weighted by Crippen LogP contribution is 2.46. The fraction of sp³-hybridized carbons (Fsp3) is 0.467. The fourth-order valence-electron chi connectivity index (χ4n) is 5.54. The van der Waals surface area contributed by atoms with Gasteiger partial charge in [-0.15, -0.1) is 0 Å². The van der Waals surface area contributed by atoms with Gasteiger partial charge >= 0.3 is 0 Å². The summed E-state index contributed by atoms with van der Waals surface area (Å²) in [6.07, 6.45) is 3.24. The third kappa shape index (κ3) is 5.17. The van der Waals surface area contributed by atoms with Crippen molar-refractivity contribution in [3.8, 4) is 11.4 Å². The third-order valence-corrected chi connectivity index (χ3v) is 8.23. The lowest BCUT2D eigenvalue weighted by Crippen LogP contribution is -2.34. The Balaban J connectivity index is 1.22. The molecule has 3 aromatic rings. The summed E-state index contributed by atoms with van der Waals surface area (Å²) in [6.45, 7) is 13.1. The fourth-order valence-corrected chi connectivity index (χ4v) is 5.54. The van der Waals surface area contributed by atoms with E-state index in [-0.39, 0.29) is 22.7 Å². The lowest BCUT2D eigenvalue weighted by Gasteiger charge is -2.42. The van der Waals surface area contributed by atoms with E-state index < -0.39 is 0 Å². The van der Waals surface area contributed by atoms with E-state index in [1.807, 2.05) is 36.1 Å². The van der Waals surface area contributed by atoms with Crippen LogP contribution in [0.25, 0.3) is 11.4 Å². The van der Waals surface area contributed by atoms with E-state index in [9.17, 15) is 0 Å². The van der Waals surface area contributed by atoms with Gasteiger partial charge in [-0.3, -0.25) is 5.41 Å². The van der Waals surface area contributed by atoms with E-state index in [2.05, 4.69) is 61.2 Å². The maximum Gasteiger partial charge on any atom is 0.231 e. The number of oxime groups is 1. The molecule has 0 saturated carbocycles. The van der Waals surface area contributed by atoms with Crippen LogP contribution < -0.4 is 5.73 Å². The highest BCUT2D eigenvalue weighted by molar-refractivity contribution is 5.98. The molecule has 0 bridgehead atoms. The van der Waals surface area contributed by atoms with E-state index in [0.29, 0.717) is 24.9 Å². The largest absolute Gasteiger partial charge is 0.391 e. The molecular formula is C30H38N6O2. The Labute approximate surface area is 224 Å².